The molecule has 1 aromatic heterocycles. The molecule has 1 saturated heterocycles. The first-order valence-corrected chi connectivity index (χ1v) is 10.0. The van der Waals surface area contributed by atoms with Crippen molar-refractivity contribution in [2.24, 2.45) is 5.92 Å². The highest BCUT2D eigenvalue weighted by Gasteiger charge is 2.23. The number of aromatic nitrogens is 1. The average molecular weight is 396 g/mol. The van der Waals surface area contributed by atoms with Crippen LogP contribution in [0.25, 0.3) is 0 Å². The molecular formula is C23H28N2O4. The summed E-state index contributed by atoms with van der Waals surface area (Å²) in [4.78, 5) is 30.5. The minimum atomic E-state index is -0.0326. The van der Waals surface area contributed by atoms with Gasteiger partial charge in [-0.2, -0.15) is 0 Å². The summed E-state index contributed by atoms with van der Waals surface area (Å²) in [5.74, 6) is 2.05. The molecular weight excluding hydrogens is 368 g/mol. The number of carbonyl (C=O) groups is 2. The predicted octanol–water partition coefficient (Wildman–Crippen LogP) is 3.54. The molecule has 2 aromatic rings. The van der Waals surface area contributed by atoms with E-state index in [9.17, 15) is 9.59 Å². The molecule has 0 unspecified atom stereocenters. The predicted molar refractivity (Wildman–Crippen MR) is 110 cm³/mol. The van der Waals surface area contributed by atoms with Gasteiger partial charge in [-0.25, -0.2) is 0 Å². The Morgan fingerprint density at radius 2 is 1.83 bits per heavy atom. The lowest BCUT2D eigenvalue weighted by Gasteiger charge is -2.32. The van der Waals surface area contributed by atoms with Crippen LogP contribution in [0.5, 0.6) is 11.5 Å². The summed E-state index contributed by atoms with van der Waals surface area (Å²) in [5.41, 5.74) is 1.78. The number of amides is 1. The van der Waals surface area contributed by atoms with Gasteiger partial charge in [0.05, 0.1) is 14.2 Å². The number of piperidine rings is 1. The number of hydrogen-bond acceptors (Lipinski definition) is 5. The normalized spacial score (nSPS) is 14.5. The minimum Gasteiger partial charge on any atom is -0.493 e. The Labute approximate surface area is 171 Å². The van der Waals surface area contributed by atoms with Gasteiger partial charge in [-0.3, -0.25) is 14.6 Å². The van der Waals surface area contributed by atoms with Crippen molar-refractivity contribution in [3.63, 3.8) is 0 Å². The molecule has 6 nitrogen and oxygen atoms in total. The lowest BCUT2D eigenvalue weighted by atomic mass is 9.90. The first-order chi connectivity index (χ1) is 14.1. The maximum absolute atomic E-state index is 12.5. The third kappa shape index (κ3) is 5.56. The number of hydrogen-bond donors (Lipinski definition) is 0. The molecule has 0 atom stereocenters. The van der Waals surface area contributed by atoms with Gasteiger partial charge < -0.3 is 14.4 Å². The maximum atomic E-state index is 12.5. The van der Waals surface area contributed by atoms with Gasteiger partial charge in [0, 0.05) is 43.9 Å². The Balaban J connectivity index is 1.45. The number of methoxy groups -OCH3 is 2. The van der Waals surface area contributed by atoms with Gasteiger partial charge in [-0.05, 0) is 55.0 Å². The van der Waals surface area contributed by atoms with Crippen molar-refractivity contribution >= 4 is 11.7 Å². The summed E-state index contributed by atoms with van der Waals surface area (Å²) in [6.45, 7) is 1.50. The molecule has 154 valence electrons. The van der Waals surface area contributed by atoms with Crippen LogP contribution in [0.4, 0.5) is 0 Å². The molecule has 6 heteroatoms. The Kier molecular flexibility index (Phi) is 7.22. The van der Waals surface area contributed by atoms with Gasteiger partial charge in [-0.1, -0.05) is 6.07 Å². The van der Waals surface area contributed by atoms with E-state index in [1.165, 1.54) is 5.56 Å². The zero-order chi connectivity index (χ0) is 20.6. The van der Waals surface area contributed by atoms with Crippen molar-refractivity contribution in [2.45, 2.75) is 32.1 Å². The zero-order valence-corrected chi connectivity index (χ0v) is 17.1. The molecule has 1 amide bonds. The Morgan fingerprint density at radius 1 is 1.07 bits per heavy atom. The molecule has 1 aliphatic rings. The van der Waals surface area contributed by atoms with Crippen molar-refractivity contribution in [2.75, 3.05) is 27.3 Å². The van der Waals surface area contributed by atoms with E-state index >= 15 is 0 Å². The highest BCUT2D eigenvalue weighted by Crippen LogP contribution is 2.30. The molecule has 1 aliphatic heterocycles. The molecule has 0 radical (unpaired) electrons. The van der Waals surface area contributed by atoms with Crippen LogP contribution in [-0.4, -0.2) is 48.9 Å². The third-order valence-electron chi connectivity index (χ3n) is 5.49. The second-order valence-electron chi connectivity index (χ2n) is 7.38. The van der Waals surface area contributed by atoms with Crippen LogP contribution >= 0.6 is 0 Å². The number of benzene rings is 1. The van der Waals surface area contributed by atoms with Gasteiger partial charge in [0.2, 0.25) is 5.91 Å². The zero-order valence-electron chi connectivity index (χ0n) is 17.1. The topological polar surface area (TPSA) is 68.7 Å². The number of pyridine rings is 1. The molecule has 1 aromatic carbocycles. The van der Waals surface area contributed by atoms with Crippen molar-refractivity contribution in [3.05, 3.63) is 53.9 Å². The summed E-state index contributed by atoms with van der Waals surface area (Å²) in [6.07, 6.45) is 6.57. The molecule has 0 bridgehead atoms. The highest BCUT2D eigenvalue weighted by molar-refractivity contribution is 5.97. The first kappa shape index (κ1) is 20.8. The van der Waals surface area contributed by atoms with Gasteiger partial charge in [0.25, 0.3) is 0 Å². The van der Waals surface area contributed by atoms with Gasteiger partial charge in [0.15, 0.2) is 17.3 Å². The molecule has 2 heterocycles. The van der Waals surface area contributed by atoms with E-state index in [4.69, 9.17) is 9.47 Å². The van der Waals surface area contributed by atoms with Crippen LogP contribution in [-0.2, 0) is 11.2 Å². The fraction of sp³-hybridized carbons (Fsp3) is 0.435. The van der Waals surface area contributed by atoms with Crippen LogP contribution in [0.3, 0.4) is 0 Å². The number of ketones is 1. The third-order valence-corrected chi connectivity index (χ3v) is 5.49. The summed E-state index contributed by atoms with van der Waals surface area (Å²) >= 11 is 0. The molecule has 0 N–H and O–H groups in total. The number of ether oxygens (including phenoxy) is 2. The van der Waals surface area contributed by atoms with Crippen LogP contribution in [0, 0.1) is 5.92 Å². The second-order valence-corrected chi connectivity index (χ2v) is 7.38. The molecule has 0 spiro atoms. The van der Waals surface area contributed by atoms with E-state index in [1.807, 2.05) is 17.0 Å². The lowest BCUT2D eigenvalue weighted by molar-refractivity contribution is -0.132. The van der Waals surface area contributed by atoms with Gasteiger partial charge >= 0.3 is 0 Å². The summed E-state index contributed by atoms with van der Waals surface area (Å²) < 4.78 is 10.7. The first-order valence-electron chi connectivity index (χ1n) is 10.0. The molecule has 0 aliphatic carbocycles. The standard InChI is InChI=1S/C23H28N2O4/c1-28-21-7-5-18(15-22(21)29-2)14-17-9-12-25(13-10-17)23(27)8-6-20(26)19-4-3-11-24-16-19/h3-5,7,11,15-17H,6,8-10,12-14H2,1-2H3. The maximum Gasteiger partial charge on any atom is 0.223 e. The second kappa shape index (κ2) is 10.0. The number of likely N-dealkylation sites (tertiary alicyclic amines) is 1. The fourth-order valence-electron chi connectivity index (χ4n) is 3.78. The largest absolute Gasteiger partial charge is 0.493 e. The van der Waals surface area contributed by atoms with E-state index in [-0.39, 0.29) is 24.5 Å². The van der Waals surface area contributed by atoms with Crippen LogP contribution < -0.4 is 9.47 Å². The SMILES string of the molecule is COc1ccc(CC2CCN(C(=O)CCC(=O)c3cccnc3)CC2)cc1OC. The molecule has 29 heavy (non-hydrogen) atoms. The van der Waals surface area contributed by atoms with E-state index < -0.39 is 0 Å². The Bertz CT molecular complexity index is 830. The number of Topliss-reactive ketones (excluding diaryl/α,β-unsaturated/α-hetero) is 1. The summed E-state index contributed by atoms with van der Waals surface area (Å²) in [5, 5.41) is 0. The quantitative estimate of drug-likeness (QED) is 0.639. The summed E-state index contributed by atoms with van der Waals surface area (Å²) in [6, 6.07) is 9.51. The van der Waals surface area contributed by atoms with Crippen LogP contribution in [0.1, 0.15) is 41.6 Å². The lowest BCUT2D eigenvalue weighted by Crippen LogP contribution is -2.39. The Morgan fingerprint density at radius 3 is 2.48 bits per heavy atom. The minimum absolute atomic E-state index is 0.0326. The number of carbonyl (C=O) groups excluding carboxylic acids is 2. The summed E-state index contributed by atoms with van der Waals surface area (Å²) in [7, 11) is 3.28. The van der Waals surface area contributed by atoms with E-state index in [1.54, 1.807) is 38.7 Å². The van der Waals surface area contributed by atoms with Crippen molar-refractivity contribution in [1.29, 1.82) is 0 Å². The molecule has 0 saturated carbocycles. The monoisotopic (exact) mass is 396 g/mol. The van der Waals surface area contributed by atoms with E-state index in [0.717, 1.165) is 43.9 Å². The van der Waals surface area contributed by atoms with Crippen molar-refractivity contribution in [1.82, 2.24) is 9.88 Å². The van der Waals surface area contributed by atoms with E-state index in [0.29, 0.717) is 11.5 Å². The van der Waals surface area contributed by atoms with Gasteiger partial charge in [-0.15, -0.1) is 0 Å². The Hall–Kier alpha value is -2.89. The van der Waals surface area contributed by atoms with E-state index in [2.05, 4.69) is 11.1 Å². The smallest absolute Gasteiger partial charge is 0.223 e. The average Bonchev–Trinajstić information content (AvgIpc) is 2.78. The van der Waals surface area contributed by atoms with Crippen molar-refractivity contribution < 1.29 is 19.1 Å². The molecule has 3 rings (SSSR count). The van der Waals surface area contributed by atoms with Crippen LogP contribution in [0.2, 0.25) is 0 Å². The van der Waals surface area contributed by atoms with Gasteiger partial charge in [0.1, 0.15) is 0 Å². The molecule has 1 fully saturated rings. The fourth-order valence-corrected chi connectivity index (χ4v) is 3.78. The van der Waals surface area contributed by atoms with Crippen molar-refractivity contribution in [3.8, 4) is 11.5 Å². The highest BCUT2D eigenvalue weighted by atomic mass is 16.5. The number of nitrogens with zero attached hydrogens (tertiary/aromatic N) is 2. The number of rotatable bonds is 8. The van der Waals surface area contributed by atoms with Crippen LogP contribution in [0.15, 0.2) is 42.7 Å².